The largest absolute Gasteiger partial charge is 0.350 e. The molecule has 1 fully saturated rings. The van der Waals surface area contributed by atoms with Gasteiger partial charge in [0.15, 0.2) is 5.13 Å². The molecule has 0 unspecified atom stereocenters. The van der Waals surface area contributed by atoms with Crippen molar-refractivity contribution in [3.8, 4) is 0 Å². The number of nitrogens with zero attached hydrogens (tertiary/aromatic N) is 3. The van der Waals surface area contributed by atoms with E-state index in [2.05, 4.69) is 15.7 Å². The molecule has 1 aliphatic heterocycles. The van der Waals surface area contributed by atoms with Gasteiger partial charge >= 0.3 is 0 Å². The molecule has 28 heavy (non-hydrogen) atoms. The lowest BCUT2D eigenvalue weighted by Gasteiger charge is -2.23. The first-order chi connectivity index (χ1) is 12.9. The molecule has 10 heteroatoms. The monoisotopic (exact) mass is 427 g/mol. The maximum Gasteiger partial charge on any atom is 0.291 e. The van der Waals surface area contributed by atoms with Crippen molar-refractivity contribution in [3.05, 3.63) is 33.4 Å². The molecule has 0 aliphatic carbocycles. The summed E-state index contributed by atoms with van der Waals surface area (Å²) in [5.41, 5.74) is 0.716. The molecule has 1 amide bonds. The van der Waals surface area contributed by atoms with Gasteiger partial charge in [-0.2, -0.15) is 9.49 Å². The average Bonchev–Trinajstić information content (AvgIpc) is 3.14. The number of rotatable bonds is 4. The van der Waals surface area contributed by atoms with Gasteiger partial charge in [0.2, 0.25) is 5.91 Å². The summed E-state index contributed by atoms with van der Waals surface area (Å²) in [4.78, 5) is 25.3. The minimum Gasteiger partial charge on any atom is -0.350 e. The Morgan fingerprint density at radius 1 is 1.43 bits per heavy atom. The third kappa shape index (κ3) is 3.78. The van der Waals surface area contributed by atoms with E-state index in [1.54, 1.807) is 10.5 Å². The lowest BCUT2D eigenvalue weighted by molar-refractivity contribution is -0.122. The normalized spacial score (nSPS) is 17.2. The van der Waals surface area contributed by atoms with Gasteiger partial charge in [-0.1, -0.05) is 13.8 Å². The molecule has 3 aromatic heterocycles. The van der Waals surface area contributed by atoms with Crippen LogP contribution in [-0.2, 0) is 11.3 Å². The first-order valence-corrected chi connectivity index (χ1v) is 9.97. The Labute approximate surface area is 171 Å². The molecule has 0 saturated carbocycles. The zero-order valence-electron chi connectivity index (χ0n) is 15.7. The summed E-state index contributed by atoms with van der Waals surface area (Å²) in [6.07, 6.45) is 1.95. The Morgan fingerprint density at radius 2 is 2.21 bits per heavy atom. The number of hydrogen-bond donors (Lipinski definition) is 2. The molecule has 1 aliphatic rings. The van der Waals surface area contributed by atoms with Crippen molar-refractivity contribution in [3.63, 3.8) is 0 Å². The Bertz CT molecular complexity index is 1070. The lowest BCUT2D eigenvalue weighted by atomic mass is 10.1. The van der Waals surface area contributed by atoms with Crippen LogP contribution in [0.15, 0.2) is 16.9 Å². The summed E-state index contributed by atoms with van der Waals surface area (Å²) in [5, 5.41) is 10.4. The van der Waals surface area contributed by atoms with Gasteiger partial charge in [0.1, 0.15) is 17.9 Å². The molecule has 0 bridgehead atoms. The van der Waals surface area contributed by atoms with E-state index >= 15 is 0 Å². The highest BCUT2D eigenvalue weighted by atomic mass is 35.5. The number of nitrogens with one attached hydrogen (secondary N) is 2. The highest BCUT2D eigenvalue weighted by Crippen LogP contribution is 2.29. The first kappa shape index (κ1) is 20.8. The molecule has 4 heterocycles. The molecule has 4 rings (SSSR count). The second-order valence-electron chi connectivity index (χ2n) is 7.25. The molecular weight excluding hydrogens is 405 g/mol. The number of amides is 1. The second kappa shape index (κ2) is 8.18. The van der Waals surface area contributed by atoms with Crippen LogP contribution < -0.4 is 16.2 Å². The smallest absolute Gasteiger partial charge is 0.291 e. The van der Waals surface area contributed by atoms with Crippen LogP contribution in [0.1, 0.15) is 38.4 Å². The van der Waals surface area contributed by atoms with Crippen LogP contribution in [0.25, 0.3) is 15.7 Å². The van der Waals surface area contributed by atoms with Crippen molar-refractivity contribution in [1.29, 1.82) is 0 Å². The van der Waals surface area contributed by atoms with Gasteiger partial charge in [0, 0.05) is 24.6 Å². The summed E-state index contributed by atoms with van der Waals surface area (Å²) in [6, 6.07) is 3.18. The van der Waals surface area contributed by atoms with Crippen LogP contribution in [0.2, 0.25) is 0 Å². The number of aromatic nitrogens is 3. The summed E-state index contributed by atoms with van der Waals surface area (Å²) in [7, 11) is 0. The number of halogens is 2. The predicted molar refractivity (Wildman–Crippen MR) is 110 cm³/mol. The van der Waals surface area contributed by atoms with Crippen molar-refractivity contribution in [2.45, 2.75) is 45.2 Å². The van der Waals surface area contributed by atoms with E-state index < -0.39 is 0 Å². The van der Waals surface area contributed by atoms with Crippen LogP contribution in [0.4, 0.5) is 4.39 Å². The molecule has 7 nitrogen and oxygen atoms in total. The van der Waals surface area contributed by atoms with Crippen molar-refractivity contribution >= 4 is 45.4 Å². The third-order valence-electron chi connectivity index (χ3n) is 4.84. The van der Waals surface area contributed by atoms with E-state index in [1.165, 1.54) is 10.7 Å². The second-order valence-corrected chi connectivity index (χ2v) is 8.29. The summed E-state index contributed by atoms with van der Waals surface area (Å²) in [6.45, 7) is 5.50. The molecular formula is C18H23ClFN5O2S. The van der Waals surface area contributed by atoms with Crippen molar-refractivity contribution in [2.75, 3.05) is 13.1 Å². The highest BCUT2D eigenvalue weighted by molar-refractivity contribution is 7.17. The van der Waals surface area contributed by atoms with Crippen LogP contribution in [0.5, 0.6) is 0 Å². The van der Waals surface area contributed by atoms with Crippen molar-refractivity contribution in [1.82, 2.24) is 24.8 Å². The lowest BCUT2D eigenvalue weighted by Crippen LogP contribution is -2.47. The van der Waals surface area contributed by atoms with E-state index in [-0.39, 0.29) is 47.5 Å². The van der Waals surface area contributed by atoms with Gasteiger partial charge in [-0.3, -0.25) is 14.0 Å². The number of carbonyl (C=O) groups is 1. The molecule has 1 saturated heterocycles. The van der Waals surface area contributed by atoms with E-state index in [9.17, 15) is 14.0 Å². The number of hydrogen-bond acceptors (Lipinski definition) is 5. The molecule has 0 spiro atoms. The molecule has 0 aromatic carbocycles. The quantitative estimate of drug-likeness (QED) is 0.669. The van der Waals surface area contributed by atoms with Crippen LogP contribution in [0, 0.1) is 5.13 Å². The molecule has 152 valence electrons. The van der Waals surface area contributed by atoms with E-state index in [0.29, 0.717) is 21.6 Å². The maximum atomic E-state index is 13.6. The predicted octanol–water partition coefficient (Wildman–Crippen LogP) is 2.26. The van der Waals surface area contributed by atoms with Gasteiger partial charge < -0.3 is 10.6 Å². The molecule has 0 radical (unpaired) electrons. The molecule has 2 N–H and O–H groups in total. The Hall–Kier alpha value is -1.97. The van der Waals surface area contributed by atoms with Crippen LogP contribution in [-0.4, -0.2) is 39.2 Å². The first-order valence-electron chi connectivity index (χ1n) is 9.15. The summed E-state index contributed by atoms with van der Waals surface area (Å²) in [5.74, 6) is 0.407. The maximum absolute atomic E-state index is 13.6. The van der Waals surface area contributed by atoms with Crippen LogP contribution >= 0.6 is 23.7 Å². The Kier molecular flexibility index (Phi) is 6.07. The van der Waals surface area contributed by atoms with Gasteiger partial charge in [0.25, 0.3) is 5.56 Å². The average molecular weight is 428 g/mol. The fourth-order valence-electron chi connectivity index (χ4n) is 3.58. The third-order valence-corrected chi connectivity index (χ3v) is 5.70. The minimum atomic E-state index is -0.347. The molecule has 3 aromatic rings. The number of piperidine rings is 1. The van der Waals surface area contributed by atoms with Crippen LogP contribution in [0.3, 0.4) is 0 Å². The topological polar surface area (TPSA) is 80.4 Å². The van der Waals surface area contributed by atoms with E-state index in [0.717, 1.165) is 37.3 Å². The Morgan fingerprint density at radius 3 is 2.89 bits per heavy atom. The van der Waals surface area contributed by atoms with Gasteiger partial charge in [-0.15, -0.1) is 23.7 Å². The SMILES string of the molecule is CC(C)c1nn(CC(=O)N[C@@H]2CCCNC2)c(=O)c2cc3sc(F)cc3n12.Cl. The summed E-state index contributed by atoms with van der Waals surface area (Å²) < 4.78 is 17.3. The highest BCUT2D eigenvalue weighted by Gasteiger charge is 2.21. The van der Waals surface area contributed by atoms with Gasteiger partial charge in [0.05, 0.1) is 10.2 Å². The standard InChI is InChI=1S/C18H22FN5O2S.ClH/c1-10(2)17-22-23(9-16(25)21-11-4-3-5-20-8-11)18(26)13-6-14-12(24(13)17)7-15(19)27-14;/h6-7,10-11,20H,3-5,8-9H2,1-2H3,(H,21,25);1H/t11-;/m1./s1. The minimum absolute atomic E-state index is 0. The van der Waals surface area contributed by atoms with E-state index in [4.69, 9.17) is 0 Å². The Balaban J connectivity index is 0.00000225. The number of fused-ring (bicyclic) bond motifs is 3. The van der Waals surface area contributed by atoms with Crippen molar-refractivity contribution in [2.24, 2.45) is 0 Å². The number of thiophene rings is 1. The van der Waals surface area contributed by atoms with Gasteiger partial charge in [-0.05, 0) is 25.5 Å². The van der Waals surface area contributed by atoms with Crippen molar-refractivity contribution < 1.29 is 9.18 Å². The number of carbonyl (C=O) groups excluding carboxylic acids is 1. The van der Waals surface area contributed by atoms with E-state index in [1.807, 2.05) is 13.8 Å². The fraction of sp³-hybridized carbons (Fsp3) is 0.500. The summed E-state index contributed by atoms with van der Waals surface area (Å²) >= 11 is 1.00. The fourth-order valence-corrected chi connectivity index (χ4v) is 4.38. The zero-order valence-corrected chi connectivity index (χ0v) is 17.3. The molecule has 1 atom stereocenters. The zero-order chi connectivity index (χ0) is 19.1. The van der Waals surface area contributed by atoms with Gasteiger partial charge in [-0.25, -0.2) is 4.68 Å².